The predicted molar refractivity (Wildman–Crippen MR) is 59.9 cm³/mol. The number of hydrogen-bond donors (Lipinski definition) is 2. The fourth-order valence-corrected chi connectivity index (χ4v) is 2.24. The minimum atomic E-state index is 0.262. The van der Waals surface area contributed by atoms with Gasteiger partial charge in [-0.3, -0.25) is 16.0 Å². The van der Waals surface area contributed by atoms with Gasteiger partial charge in [-0.1, -0.05) is 19.3 Å². The second-order valence-corrected chi connectivity index (χ2v) is 4.32. The van der Waals surface area contributed by atoms with E-state index in [0.717, 1.165) is 18.9 Å². The average Bonchev–Trinajstić information content (AvgIpc) is 2.64. The third-order valence-corrected chi connectivity index (χ3v) is 3.40. The van der Waals surface area contributed by atoms with Crippen LogP contribution in [0.1, 0.15) is 44.3 Å². The summed E-state index contributed by atoms with van der Waals surface area (Å²) in [6, 6.07) is 2.32. The molecule has 0 spiro atoms. The Morgan fingerprint density at radius 2 is 2.47 bits per heavy atom. The molecular weight excluding hydrogens is 188 g/mol. The molecule has 1 unspecified atom stereocenters. The van der Waals surface area contributed by atoms with Crippen molar-refractivity contribution in [3.05, 3.63) is 18.0 Å². The second-order valence-electron chi connectivity index (χ2n) is 4.32. The highest BCUT2D eigenvalue weighted by molar-refractivity contribution is 5.07. The number of aromatic nitrogens is 2. The summed E-state index contributed by atoms with van der Waals surface area (Å²) in [6.07, 6.45) is 7.10. The molecule has 84 valence electrons. The molecule has 1 atom stereocenters. The van der Waals surface area contributed by atoms with Crippen molar-refractivity contribution in [1.29, 1.82) is 0 Å². The van der Waals surface area contributed by atoms with Crippen LogP contribution in [0.25, 0.3) is 0 Å². The Morgan fingerprint density at radius 3 is 3.00 bits per heavy atom. The van der Waals surface area contributed by atoms with Gasteiger partial charge in [-0.25, -0.2) is 0 Å². The van der Waals surface area contributed by atoms with Gasteiger partial charge in [0.15, 0.2) is 0 Å². The molecule has 1 saturated carbocycles. The zero-order valence-corrected chi connectivity index (χ0v) is 9.32. The monoisotopic (exact) mass is 208 g/mol. The smallest absolute Gasteiger partial charge is 0.0631 e. The lowest BCUT2D eigenvalue weighted by molar-refractivity contribution is 0.256. The van der Waals surface area contributed by atoms with E-state index in [9.17, 15) is 0 Å². The standard InChI is InChI=1S/C11H20N4/c1-2-15-11(6-7-13-15)10(14-12)8-9-4-3-5-9/h6-7,9-10,14H,2-5,8,12H2,1H3. The van der Waals surface area contributed by atoms with Gasteiger partial charge in [0.25, 0.3) is 0 Å². The average molecular weight is 208 g/mol. The maximum absolute atomic E-state index is 5.62. The van der Waals surface area contributed by atoms with Crippen LogP contribution >= 0.6 is 0 Å². The van der Waals surface area contributed by atoms with E-state index in [1.54, 1.807) is 0 Å². The van der Waals surface area contributed by atoms with Gasteiger partial charge in [0.05, 0.1) is 11.7 Å². The highest BCUT2D eigenvalue weighted by Crippen LogP contribution is 2.34. The Hall–Kier alpha value is -0.870. The van der Waals surface area contributed by atoms with Crippen LogP contribution in [-0.2, 0) is 6.54 Å². The van der Waals surface area contributed by atoms with Crippen LogP contribution in [0.15, 0.2) is 12.3 Å². The summed E-state index contributed by atoms with van der Waals surface area (Å²) in [5.74, 6) is 6.48. The Kier molecular flexibility index (Phi) is 3.38. The summed E-state index contributed by atoms with van der Waals surface area (Å²) in [5, 5.41) is 4.28. The highest BCUT2D eigenvalue weighted by atomic mass is 15.3. The molecule has 15 heavy (non-hydrogen) atoms. The number of aryl methyl sites for hydroxylation is 1. The molecule has 1 aliphatic rings. The number of hydrogen-bond acceptors (Lipinski definition) is 3. The molecule has 1 aromatic rings. The van der Waals surface area contributed by atoms with E-state index in [1.807, 2.05) is 10.9 Å². The SMILES string of the molecule is CCn1nccc1C(CC1CCC1)NN. The van der Waals surface area contributed by atoms with E-state index in [2.05, 4.69) is 23.5 Å². The molecule has 4 nitrogen and oxygen atoms in total. The molecule has 3 N–H and O–H groups in total. The van der Waals surface area contributed by atoms with Gasteiger partial charge in [0.2, 0.25) is 0 Å². The number of hydrazine groups is 1. The van der Waals surface area contributed by atoms with Crippen molar-refractivity contribution in [2.24, 2.45) is 11.8 Å². The molecule has 0 saturated heterocycles. The zero-order chi connectivity index (χ0) is 10.7. The fraction of sp³-hybridized carbons (Fsp3) is 0.727. The van der Waals surface area contributed by atoms with Gasteiger partial charge in [0, 0.05) is 12.7 Å². The number of nitrogens with one attached hydrogen (secondary N) is 1. The summed E-state index contributed by atoms with van der Waals surface area (Å²) >= 11 is 0. The predicted octanol–water partition coefficient (Wildman–Crippen LogP) is 1.60. The Morgan fingerprint density at radius 1 is 1.67 bits per heavy atom. The van der Waals surface area contributed by atoms with Crippen LogP contribution in [0.2, 0.25) is 0 Å². The van der Waals surface area contributed by atoms with E-state index < -0.39 is 0 Å². The molecule has 1 fully saturated rings. The summed E-state index contributed by atoms with van der Waals surface area (Å²) in [4.78, 5) is 0. The van der Waals surface area contributed by atoms with Crippen LogP contribution < -0.4 is 11.3 Å². The van der Waals surface area contributed by atoms with Crippen LogP contribution in [0.4, 0.5) is 0 Å². The van der Waals surface area contributed by atoms with E-state index in [0.29, 0.717) is 0 Å². The topological polar surface area (TPSA) is 55.9 Å². The molecule has 1 heterocycles. The van der Waals surface area contributed by atoms with Crippen molar-refractivity contribution in [1.82, 2.24) is 15.2 Å². The van der Waals surface area contributed by atoms with Crippen LogP contribution in [-0.4, -0.2) is 9.78 Å². The molecule has 0 bridgehead atoms. The van der Waals surface area contributed by atoms with Crippen molar-refractivity contribution in [2.45, 2.75) is 45.2 Å². The first kappa shape index (κ1) is 10.6. The first-order chi connectivity index (χ1) is 7.35. The zero-order valence-electron chi connectivity index (χ0n) is 9.32. The molecule has 2 rings (SSSR count). The molecule has 0 aromatic carbocycles. The second kappa shape index (κ2) is 4.77. The van der Waals surface area contributed by atoms with Gasteiger partial charge in [-0.05, 0) is 25.3 Å². The molecule has 1 aromatic heterocycles. The number of nitrogens with two attached hydrogens (primary N) is 1. The lowest BCUT2D eigenvalue weighted by atomic mass is 9.80. The quantitative estimate of drug-likeness (QED) is 0.571. The first-order valence-electron chi connectivity index (χ1n) is 5.83. The van der Waals surface area contributed by atoms with Gasteiger partial charge < -0.3 is 0 Å². The Labute approximate surface area is 90.8 Å². The summed E-state index contributed by atoms with van der Waals surface area (Å²) in [7, 11) is 0. The third kappa shape index (κ3) is 2.21. The van der Waals surface area contributed by atoms with Crippen molar-refractivity contribution in [3.8, 4) is 0 Å². The molecule has 1 aliphatic carbocycles. The van der Waals surface area contributed by atoms with Crippen molar-refractivity contribution >= 4 is 0 Å². The van der Waals surface area contributed by atoms with E-state index >= 15 is 0 Å². The lowest BCUT2D eigenvalue weighted by Gasteiger charge is -2.29. The Bertz CT molecular complexity index is 303. The maximum Gasteiger partial charge on any atom is 0.0631 e. The van der Waals surface area contributed by atoms with Gasteiger partial charge >= 0.3 is 0 Å². The summed E-state index contributed by atoms with van der Waals surface area (Å²) < 4.78 is 2.02. The molecular formula is C11H20N4. The molecule has 0 amide bonds. The Balaban J connectivity index is 2.04. The molecule has 0 aliphatic heterocycles. The van der Waals surface area contributed by atoms with Crippen LogP contribution in [0, 0.1) is 5.92 Å². The van der Waals surface area contributed by atoms with Gasteiger partial charge in [0.1, 0.15) is 0 Å². The minimum Gasteiger partial charge on any atom is -0.271 e. The van der Waals surface area contributed by atoms with E-state index in [-0.39, 0.29) is 6.04 Å². The third-order valence-electron chi connectivity index (χ3n) is 3.40. The van der Waals surface area contributed by atoms with Crippen LogP contribution in [0.3, 0.4) is 0 Å². The van der Waals surface area contributed by atoms with Crippen molar-refractivity contribution < 1.29 is 0 Å². The van der Waals surface area contributed by atoms with Gasteiger partial charge in [-0.2, -0.15) is 5.10 Å². The molecule has 4 heteroatoms. The fourth-order valence-electron chi connectivity index (χ4n) is 2.24. The highest BCUT2D eigenvalue weighted by Gasteiger charge is 2.24. The van der Waals surface area contributed by atoms with Crippen molar-refractivity contribution in [2.75, 3.05) is 0 Å². The molecule has 0 radical (unpaired) electrons. The lowest BCUT2D eigenvalue weighted by Crippen LogP contribution is -2.32. The maximum atomic E-state index is 5.62. The number of nitrogens with zero attached hydrogens (tertiary/aromatic N) is 2. The summed E-state index contributed by atoms with van der Waals surface area (Å²) in [5.41, 5.74) is 4.13. The largest absolute Gasteiger partial charge is 0.271 e. The van der Waals surface area contributed by atoms with E-state index in [4.69, 9.17) is 5.84 Å². The minimum absolute atomic E-state index is 0.262. The van der Waals surface area contributed by atoms with Crippen LogP contribution in [0.5, 0.6) is 0 Å². The summed E-state index contributed by atoms with van der Waals surface area (Å²) in [6.45, 7) is 3.01. The first-order valence-corrected chi connectivity index (χ1v) is 5.83. The van der Waals surface area contributed by atoms with Crippen molar-refractivity contribution in [3.63, 3.8) is 0 Å². The number of rotatable bonds is 5. The van der Waals surface area contributed by atoms with Gasteiger partial charge in [-0.15, -0.1) is 0 Å². The van der Waals surface area contributed by atoms with E-state index in [1.165, 1.54) is 25.0 Å². The normalized spacial score (nSPS) is 18.8.